The summed E-state index contributed by atoms with van der Waals surface area (Å²) in [5.74, 6) is -0.208. The first kappa shape index (κ1) is 26.1. The van der Waals surface area contributed by atoms with Crippen molar-refractivity contribution in [3.63, 3.8) is 0 Å². The van der Waals surface area contributed by atoms with Gasteiger partial charge in [-0.2, -0.15) is 5.26 Å². The molecule has 40 heavy (non-hydrogen) atoms. The number of para-hydroxylation sites is 1. The quantitative estimate of drug-likeness (QED) is 0.532. The number of nitriles is 1. The van der Waals surface area contributed by atoms with E-state index in [4.69, 9.17) is 4.74 Å². The molecule has 2 amide bonds. The highest BCUT2D eigenvalue weighted by atomic mass is 16.5. The Kier molecular flexibility index (Phi) is 7.01. The predicted octanol–water partition coefficient (Wildman–Crippen LogP) is 4.42. The lowest BCUT2D eigenvalue weighted by Crippen LogP contribution is -2.53. The maximum absolute atomic E-state index is 13.4. The molecular weight excluding hydrogens is 502 g/mol. The maximum atomic E-state index is 13.4. The predicted molar refractivity (Wildman–Crippen MR) is 155 cm³/mol. The molecule has 6 rings (SSSR count). The second-order valence-electron chi connectivity index (χ2n) is 10.8. The Labute approximate surface area is 234 Å². The van der Waals surface area contributed by atoms with Gasteiger partial charge < -0.3 is 19.9 Å². The van der Waals surface area contributed by atoms with E-state index in [1.807, 2.05) is 55.6 Å². The van der Waals surface area contributed by atoms with E-state index in [9.17, 15) is 14.9 Å². The van der Waals surface area contributed by atoms with E-state index in [0.717, 1.165) is 54.1 Å². The number of anilines is 3. The molecule has 3 heterocycles. The SMILES string of the molecule is CC1CN(C2c3ccccc3C(=O)N(C)c3ccccc32)CCN1c1ccc(NC(=O)C2CCOC2)cc1C#N. The summed E-state index contributed by atoms with van der Waals surface area (Å²) < 4.78 is 5.34. The van der Waals surface area contributed by atoms with Gasteiger partial charge in [0.2, 0.25) is 5.91 Å². The number of benzene rings is 3. The number of nitrogens with one attached hydrogen (secondary N) is 1. The zero-order valence-corrected chi connectivity index (χ0v) is 22.8. The number of fused-ring (bicyclic) bond motifs is 2. The summed E-state index contributed by atoms with van der Waals surface area (Å²) >= 11 is 0. The molecule has 8 heteroatoms. The molecule has 8 nitrogen and oxygen atoms in total. The monoisotopic (exact) mass is 535 g/mol. The molecule has 3 aliphatic rings. The fraction of sp³-hybridized carbons (Fsp3) is 0.344. The standard InChI is InChI=1S/C32H33N5O3/c1-21-19-36(30-25-7-3-4-8-26(25)32(39)35(2)29-10-6-5-9-27(29)30)14-15-37(21)28-12-11-24(17-23(28)18-33)34-31(38)22-13-16-40-20-22/h3-12,17,21-22,30H,13-16,19-20H2,1-2H3,(H,34,38). The van der Waals surface area contributed by atoms with E-state index in [1.165, 1.54) is 0 Å². The molecule has 2 fully saturated rings. The number of hydrogen-bond donors (Lipinski definition) is 1. The molecule has 0 spiro atoms. The molecule has 3 atom stereocenters. The molecule has 3 aliphatic heterocycles. The van der Waals surface area contributed by atoms with E-state index in [1.54, 1.807) is 11.0 Å². The summed E-state index contributed by atoms with van der Waals surface area (Å²) in [5.41, 5.74) is 5.84. The van der Waals surface area contributed by atoms with Crippen molar-refractivity contribution in [3.8, 4) is 6.07 Å². The average Bonchev–Trinajstić information content (AvgIpc) is 3.50. The number of carbonyl (C=O) groups is 2. The minimum Gasteiger partial charge on any atom is -0.381 e. The third-order valence-electron chi connectivity index (χ3n) is 8.40. The highest BCUT2D eigenvalue weighted by molar-refractivity contribution is 6.08. The third kappa shape index (κ3) is 4.61. The van der Waals surface area contributed by atoms with Gasteiger partial charge in [0, 0.05) is 56.3 Å². The van der Waals surface area contributed by atoms with E-state index in [-0.39, 0.29) is 29.8 Å². The van der Waals surface area contributed by atoms with Gasteiger partial charge >= 0.3 is 0 Å². The molecule has 3 unspecified atom stereocenters. The lowest BCUT2D eigenvalue weighted by Gasteiger charge is -2.45. The number of rotatable bonds is 4. The molecule has 0 radical (unpaired) electrons. The highest BCUT2D eigenvalue weighted by Gasteiger charge is 2.37. The Morgan fingerprint density at radius 1 is 1.02 bits per heavy atom. The first-order chi connectivity index (χ1) is 19.5. The summed E-state index contributed by atoms with van der Waals surface area (Å²) in [5, 5.41) is 13.0. The lowest BCUT2D eigenvalue weighted by molar-refractivity contribution is -0.119. The second kappa shape index (κ2) is 10.8. The average molecular weight is 536 g/mol. The van der Waals surface area contributed by atoms with E-state index < -0.39 is 0 Å². The highest BCUT2D eigenvalue weighted by Crippen LogP contribution is 2.41. The van der Waals surface area contributed by atoms with Crippen LogP contribution in [0, 0.1) is 17.2 Å². The molecule has 3 aromatic rings. The van der Waals surface area contributed by atoms with Crippen molar-refractivity contribution in [2.24, 2.45) is 5.92 Å². The van der Waals surface area contributed by atoms with Crippen molar-refractivity contribution in [1.82, 2.24) is 4.90 Å². The van der Waals surface area contributed by atoms with Gasteiger partial charge in [0.1, 0.15) is 6.07 Å². The van der Waals surface area contributed by atoms with Crippen molar-refractivity contribution < 1.29 is 14.3 Å². The van der Waals surface area contributed by atoms with Gasteiger partial charge in [-0.15, -0.1) is 0 Å². The van der Waals surface area contributed by atoms with Crippen molar-refractivity contribution in [2.75, 3.05) is 55.0 Å². The van der Waals surface area contributed by atoms with Crippen LogP contribution in [0.15, 0.2) is 66.7 Å². The molecule has 3 aromatic carbocycles. The van der Waals surface area contributed by atoms with Crippen LogP contribution >= 0.6 is 0 Å². The van der Waals surface area contributed by atoms with Crippen molar-refractivity contribution in [3.05, 3.63) is 89.0 Å². The molecule has 0 saturated carbocycles. The van der Waals surface area contributed by atoms with Crippen LogP contribution in [0.5, 0.6) is 0 Å². The zero-order chi connectivity index (χ0) is 27.8. The number of carbonyl (C=O) groups excluding carboxylic acids is 2. The minimum absolute atomic E-state index is 0.00327. The first-order valence-corrected chi connectivity index (χ1v) is 13.9. The summed E-state index contributed by atoms with van der Waals surface area (Å²) in [7, 11) is 1.85. The second-order valence-corrected chi connectivity index (χ2v) is 10.8. The Morgan fingerprint density at radius 3 is 2.55 bits per heavy atom. The lowest BCUT2D eigenvalue weighted by atomic mass is 9.92. The van der Waals surface area contributed by atoms with Crippen molar-refractivity contribution >= 4 is 28.9 Å². The van der Waals surface area contributed by atoms with Crippen LogP contribution in [0.2, 0.25) is 0 Å². The smallest absolute Gasteiger partial charge is 0.258 e. The molecule has 0 bridgehead atoms. The Hall–Kier alpha value is -4.19. The Balaban J connectivity index is 1.26. The van der Waals surface area contributed by atoms with E-state index in [2.05, 4.69) is 40.2 Å². The van der Waals surface area contributed by atoms with Gasteiger partial charge in [-0.25, -0.2) is 0 Å². The van der Waals surface area contributed by atoms with Gasteiger partial charge in [0.05, 0.1) is 29.8 Å². The van der Waals surface area contributed by atoms with Crippen LogP contribution in [-0.2, 0) is 9.53 Å². The molecule has 204 valence electrons. The van der Waals surface area contributed by atoms with Gasteiger partial charge in [-0.3, -0.25) is 14.5 Å². The molecule has 1 N–H and O–H groups in total. The topological polar surface area (TPSA) is 88.9 Å². The summed E-state index contributed by atoms with van der Waals surface area (Å²) in [6.45, 7) is 5.48. The third-order valence-corrected chi connectivity index (χ3v) is 8.40. The van der Waals surface area contributed by atoms with Gasteiger partial charge in [-0.05, 0) is 54.8 Å². The maximum Gasteiger partial charge on any atom is 0.258 e. The number of hydrogen-bond acceptors (Lipinski definition) is 6. The van der Waals surface area contributed by atoms with Gasteiger partial charge in [0.15, 0.2) is 0 Å². The fourth-order valence-electron chi connectivity index (χ4n) is 6.32. The molecule has 2 saturated heterocycles. The zero-order valence-electron chi connectivity index (χ0n) is 22.8. The van der Waals surface area contributed by atoms with Crippen LogP contribution in [0.25, 0.3) is 0 Å². The van der Waals surface area contributed by atoms with Crippen molar-refractivity contribution in [2.45, 2.75) is 25.4 Å². The summed E-state index contributed by atoms with van der Waals surface area (Å²) in [4.78, 5) is 32.5. The van der Waals surface area contributed by atoms with Crippen LogP contribution in [-0.4, -0.2) is 62.7 Å². The fourth-order valence-corrected chi connectivity index (χ4v) is 6.32. The normalized spacial score (nSPS) is 22.7. The largest absolute Gasteiger partial charge is 0.381 e. The summed E-state index contributed by atoms with van der Waals surface area (Å²) in [6.07, 6.45) is 0.719. The van der Waals surface area contributed by atoms with Crippen LogP contribution in [0.1, 0.15) is 46.4 Å². The van der Waals surface area contributed by atoms with Crippen LogP contribution in [0.3, 0.4) is 0 Å². The number of ether oxygens (including phenoxy) is 1. The van der Waals surface area contributed by atoms with Gasteiger partial charge in [0.25, 0.3) is 5.91 Å². The Morgan fingerprint density at radius 2 is 1.80 bits per heavy atom. The Bertz CT molecular complexity index is 1490. The van der Waals surface area contributed by atoms with E-state index >= 15 is 0 Å². The minimum atomic E-state index is -0.146. The number of amides is 2. The van der Waals surface area contributed by atoms with Crippen LogP contribution < -0.4 is 15.1 Å². The van der Waals surface area contributed by atoms with E-state index in [0.29, 0.717) is 24.5 Å². The number of nitrogens with zero attached hydrogens (tertiary/aromatic N) is 4. The molecular formula is C32H33N5O3. The number of piperazine rings is 1. The summed E-state index contributed by atoms with van der Waals surface area (Å²) in [6, 6.07) is 24.1. The van der Waals surface area contributed by atoms with Gasteiger partial charge in [-0.1, -0.05) is 36.4 Å². The molecule has 0 aliphatic carbocycles. The van der Waals surface area contributed by atoms with Crippen LogP contribution in [0.4, 0.5) is 17.1 Å². The molecule has 0 aromatic heterocycles. The first-order valence-electron chi connectivity index (χ1n) is 13.9. The van der Waals surface area contributed by atoms with Crippen molar-refractivity contribution in [1.29, 1.82) is 5.26 Å².